The van der Waals surface area contributed by atoms with E-state index in [4.69, 9.17) is 18.9 Å². The van der Waals surface area contributed by atoms with E-state index in [1.165, 1.54) is 103 Å². The fourth-order valence-corrected chi connectivity index (χ4v) is 9.28. The van der Waals surface area contributed by atoms with E-state index in [0.717, 1.165) is 116 Å². The fourth-order valence-electron chi connectivity index (χ4n) is 9.28. The lowest BCUT2D eigenvalue weighted by Crippen LogP contribution is -2.41. The summed E-state index contributed by atoms with van der Waals surface area (Å²) in [5.41, 5.74) is 0. The van der Waals surface area contributed by atoms with E-state index in [2.05, 4.69) is 65.2 Å². The molecule has 426 valence electrons. The number of unbranched alkanes of at least 4 members (excludes halogenated alkanes) is 18. The zero-order chi connectivity index (χ0) is 53.1. The molecular weight excluding hydrogens is 905 g/mol. The van der Waals surface area contributed by atoms with Gasteiger partial charge in [0.15, 0.2) is 0 Å². The number of nitrogens with zero attached hydrogens (tertiary/aromatic N) is 4. The molecule has 0 aliphatic heterocycles. The molecule has 0 aromatic rings. The van der Waals surface area contributed by atoms with Crippen LogP contribution in [0.3, 0.4) is 0 Å². The fraction of sp³-hybridized carbons (Fsp3) is 0.933. The molecular formula is C60H118N4O8. The molecule has 0 fully saturated rings. The van der Waals surface area contributed by atoms with Crippen LogP contribution in [-0.4, -0.2) is 136 Å². The highest BCUT2D eigenvalue weighted by atomic mass is 16.6. The summed E-state index contributed by atoms with van der Waals surface area (Å²) in [7, 11) is 0. The van der Waals surface area contributed by atoms with Crippen LogP contribution in [0, 0.1) is 11.8 Å². The summed E-state index contributed by atoms with van der Waals surface area (Å²) in [4.78, 5) is 60.5. The van der Waals surface area contributed by atoms with Crippen LogP contribution in [0.25, 0.3) is 0 Å². The van der Waals surface area contributed by atoms with Crippen molar-refractivity contribution in [3.05, 3.63) is 0 Å². The molecule has 0 heterocycles. The molecule has 72 heavy (non-hydrogen) atoms. The number of ether oxygens (including phenoxy) is 4. The summed E-state index contributed by atoms with van der Waals surface area (Å²) in [6.45, 7) is 26.3. The number of likely N-dealkylation sites (N-methyl/N-ethyl adjacent to an activating group) is 1. The van der Waals surface area contributed by atoms with Crippen LogP contribution in [0.2, 0.25) is 0 Å². The molecule has 0 unspecified atom stereocenters. The minimum Gasteiger partial charge on any atom is -0.465 e. The quantitative estimate of drug-likeness (QED) is 0.0331. The van der Waals surface area contributed by atoms with Gasteiger partial charge in [-0.15, -0.1) is 0 Å². The Hall–Kier alpha value is -2.60. The number of hydrogen-bond donors (Lipinski definition) is 0. The second kappa shape index (κ2) is 51.9. The maximum absolute atomic E-state index is 13.4. The molecule has 0 rings (SSSR count). The van der Waals surface area contributed by atoms with Crippen LogP contribution in [0.1, 0.15) is 261 Å². The van der Waals surface area contributed by atoms with Gasteiger partial charge in [0.25, 0.3) is 0 Å². The average molecular weight is 1020 g/mol. The van der Waals surface area contributed by atoms with Gasteiger partial charge in [0.1, 0.15) is 13.2 Å². The predicted octanol–water partition coefficient (Wildman–Crippen LogP) is 15.4. The van der Waals surface area contributed by atoms with Gasteiger partial charge in [-0.1, -0.05) is 184 Å². The zero-order valence-electron chi connectivity index (χ0n) is 48.7. The van der Waals surface area contributed by atoms with Crippen LogP contribution in [0.4, 0.5) is 9.59 Å². The van der Waals surface area contributed by atoms with E-state index >= 15 is 0 Å². The van der Waals surface area contributed by atoms with Crippen molar-refractivity contribution < 1.29 is 38.1 Å². The first kappa shape index (κ1) is 69.4. The molecule has 12 nitrogen and oxygen atoms in total. The van der Waals surface area contributed by atoms with Gasteiger partial charge in [-0.3, -0.25) is 14.5 Å². The van der Waals surface area contributed by atoms with Gasteiger partial charge in [-0.25, -0.2) is 9.59 Å². The highest BCUT2D eigenvalue weighted by Crippen LogP contribution is 2.21. The Morgan fingerprint density at radius 2 is 0.639 bits per heavy atom. The number of amides is 2. The summed E-state index contributed by atoms with van der Waals surface area (Å²) < 4.78 is 23.4. The van der Waals surface area contributed by atoms with Gasteiger partial charge in [-0.2, -0.15) is 0 Å². The number of hydrogen-bond acceptors (Lipinski definition) is 10. The number of carbonyl (C=O) groups excluding carboxylic acids is 4. The summed E-state index contributed by atoms with van der Waals surface area (Å²) in [5.74, 6) is 0.741. The Balaban J connectivity index is 5.03. The van der Waals surface area contributed by atoms with Gasteiger partial charge in [0.2, 0.25) is 0 Å². The van der Waals surface area contributed by atoms with Gasteiger partial charge < -0.3 is 33.6 Å². The lowest BCUT2D eigenvalue weighted by molar-refractivity contribution is -0.146. The lowest BCUT2D eigenvalue weighted by atomic mass is 9.95. The monoisotopic (exact) mass is 1020 g/mol. The third kappa shape index (κ3) is 41.7. The highest BCUT2D eigenvalue weighted by Gasteiger charge is 2.19. The van der Waals surface area contributed by atoms with Crippen LogP contribution in [0.15, 0.2) is 0 Å². The van der Waals surface area contributed by atoms with Crippen molar-refractivity contribution in [2.45, 2.75) is 261 Å². The average Bonchev–Trinajstić information content (AvgIpc) is 3.38. The molecule has 0 atom stereocenters. The van der Waals surface area contributed by atoms with E-state index in [1.54, 1.807) is 0 Å². The molecule has 2 amide bonds. The van der Waals surface area contributed by atoms with Crippen LogP contribution < -0.4 is 0 Å². The van der Waals surface area contributed by atoms with E-state index in [1.807, 2.05) is 9.80 Å². The van der Waals surface area contributed by atoms with E-state index < -0.39 is 0 Å². The Bertz CT molecular complexity index is 1130. The first-order valence-corrected chi connectivity index (χ1v) is 30.7. The normalized spacial score (nSPS) is 11.6. The molecule has 0 aliphatic carbocycles. The maximum atomic E-state index is 13.4. The number of esters is 2. The van der Waals surface area contributed by atoms with Crippen molar-refractivity contribution in [3.8, 4) is 0 Å². The first-order chi connectivity index (χ1) is 35.1. The molecule has 0 radical (unpaired) electrons. The molecule has 0 aromatic carbocycles. The van der Waals surface area contributed by atoms with E-state index in [-0.39, 0.29) is 37.3 Å². The van der Waals surface area contributed by atoms with Crippen molar-refractivity contribution in [1.29, 1.82) is 0 Å². The molecule has 12 heteroatoms. The Morgan fingerprint density at radius 3 is 0.972 bits per heavy atom. The van der Waals surface area contributed by atoms with Gasteiger partial charge >= 0.3 is 24.1 Å². The molecule has 0 N–H and O–H groups in total. The van der Waals surface area contributed by atoms with Crippen molar-refractivity contribution in [2.24, 2.45) is 11.8 Å². The van der Waals surface area contributed by atoms with Gasteiger partial charge in [0.05, 0.1) is 13.2 Å². The SMILES string of the molecule is CCCCCCC(CCCCCC)COC(=O)CCCCCN(CCCC)C(=O)OCCN(CCOC(=O)N(CCCC)CCCCCC(=O)OCC(CCCCCC)CCCCCC)CCN(CC)CC. The molecule has 0 bridgehead atoms. The largest absolute Gasteiger partial charge is 0.465 e. The second-order valence-electron chi connectivity index (χ2n) is 20.9. The Kier molecular flexibility index (Phi) is 50.0. The van der Waals surface area contributed by atoms with Crippen LogP contribution in [0.5, 0.6) is 0 Å². The first-order valence-electron chi connectivity index (χ1n) is 30.7. The van der Waals surface area contributed by atoms with Crippen molar-refractivity contribution >= 4 is 24.1 Å². The van der Waals surface area contributed by atoms with Crippen LogP contribution in [-0.2, 0) is 28.5 Å². The standard InChI is InChI=1S/C60H118N4O8/c1-9-17-23-29-37-55(38-30-24-18-10-2)53-71-57(65)41-33-27-35-45-63(43-21-13-5)59(67)69-51-49-62(48-47-61(15-7)16-8)50-52-70-60(68)64(44-22-14-6)46-36-28-34-42-58(66)72-54-56(39-31-25-19-11-3)40-32-26-20-12-4/h55-56H,9-54H2,1-8H3. The van der Waals surface area contributed by atoms with E-state index in [9.17, 15) is 19.2 Å². The molecule has 0 spiro atoms. The third-order valence-electron chi connectivity index (χ3n) is 14.4. The smallest absolute Gasteiger partial charge is 0.409 e. The summed E-state index contributed by atoms with van der Waals surface area (Å²) in [6.07, 6.45) is 33.4. The molecule has 0 aromatic heterocycles. The van der Waals surface area contributed by atoms with Gasteiger partial charge in [0, 0.05) is 65.2 Å². The van der Waals surface area contributed by atoms with Crippen molar-refractivity contribution in [1.82, 2.24) is 19.6 Å². The van der Waals surface area contributed by atoms with E-state index in [0.29, 0.717) is 77.2 Å². The molecule has 0 saturated carbocycles. The minimum atomic E-state index is -0.291. The zero-order valence-corrected chi connectivity index (χ0v) is 48.7. The van der Waals surface area contributed by atoms with Crippen LogP contribution >= 0.6 is 0 Å². The van der Waals surface area contributed by atoms with Crippen molar-refractivity contribution in [2.75, 3.05) is 91.9 Å². The summed E-state index contributed by atoms with van der Waals surface area (Å²) in [5, 5.41) is 0. The number of rotatable bonds is 53. The topological polar surface area (TPSA) is 118 Å². The Morgan fingerprint density at radius 1 is 0.319 bits per heavy atom. The molecule has 0 saturated heterocycles. The minimum absolute atomic E-state index is 0.0968. The second-order valence-corrected chi connectivity index (χ2v) is 20.9. The van der Waals surface area contributed by atoms with Gasteiger partial charge in [-0.05, 0) is 89.1 Å². The third-order valence-corrected chi connectivity index (χ3v) is 14.4. The summed E-state index contributed by atoms with van der Waals surface area (Å²) in [6, 6.07) is 0. The lowest BCUT2D eigenvalue weighted by Gasteiger charge is -2.27. The van der Waals surface area contributed by atoms with Crippen molar-refractivity contribution in [3.63, 3.8) is 0 Å². The highest BCUT2D eigenvalue weighted by molar-refractivity contribution is 5.70. The maximum Gasteiger partial charge on any atom is 0.409 e. The predicted molar refractivity (Wildman–Crippen MR) is 301 cm³/mol. The number of carbonyl (C=O) groups is 4. The molecule has 0 aliphatic rings. The Labute approximate surface area is 444 Å². The summed E-state index contributed by atoms with van der Waals surface area (Å²) >= 11 is 0.